The van der Waals surface area contributed by atoms with Gasteiger partial charge in [0.2, 0.25) is 0 Å². The average Bonchev–Trinajstić information content (AvgIpc) is 2.42. The molecule has 0 atom stereocenters. The number of ether oxygens (including phenoxy) is 1. The van der Waals surface area contributed by atoms with Gasteiger partial charge in [-0.15, -0.1) is 0 Å². The van der Waals surface area contributed by atoms with E-state index in [0.717, 1.165) is 0 Å². The van der Waals surface area contributed by atoms with Gasteiger partial charge in [0.15, 0.2) is 5.54 Å². The monoisotopic (exact) mass is 293 g/mol. The summed E-state index contributed by atoms with van der Waals surface area (Å²) >= 11 is 0. The van der Waals surface area contributed by atoms with Gasteiger partial charge in [0.25, 0.3) is 0 Å². The van der Waals surface area contributed by atoms with Gasteiger partial charge in [-0.05, 0) is 5.56 Å². The minimum absolute atomic E-state index is 0.225. The van der Waals surface area contributed by atoms with Gasteiger partial charge in [0.1, 0.15) is 6.61 Å². The summed E-state index contributed by atoms with van der Waals surface area (Å²) in [4.78, 5) is 11.3. The maximum absolute atomic E-state index is 12.7. The van der Waals surface area contributed by atoms with Crippen LogP contribution < -0.4 is 5.32 Å². The van der Waals surface area contributed by atoms with Crippen LogP contribution in [0.1, 0.15) is 5.56 Å². The lowest BCUT2D eigenvalue weighted by molar-refractivity contribution is -0.214. The fraction of sp³-hybridized carbons (Fsp3) is 0.417. The first kappa shape index (κ1) is 16.3. The van der Waals surface area contributed by atoms with Crippen molar-refractivity contribution in [3.63, 3.8) is 0 Å². The summed E-state index contributed by atoms with van der Waals surface area (Å²) in [6.45, 7) is -3.21. The predicted molar refractivity (Wildman–Crippen MR) is 62.7 cm³/mol. The first-order valence-electron chi connectivity index (χ1n) is 5.62. The number of alkyl carbamates (subject to hydrolysis) is 1. The summed E-state index contributed by atoms with van der Waals surface area (Å²) in [5.74, 6) is 0. The summed E-state index contributed by atoms with van der Waals surface area (Å²) in [5.41, 5.74) is -2.53. The van der Waals surface area contributed by atoms with Crippen molar-refractivity contribution < 1.29 is 32.9 Å². The van der Waals surface area contributed by atoms with Crippen LogP contribution in [-0.2, 0) is 11.3 Å². The second-order valence-electron chi connectivity index (χ2n) is 4.08. The molecule has 3 N–H and O–H groups in total. The van der Waals surface area contributed by atoms with E-state index in [4.69, 9.17) is 10.2 Å². The Balaban J connectivity index is 2.64. The number of halogens is 3. The van der Waals surface area contributed by atoms with Crippen LogP contribution in [0.4, 0.5) is 18.0 Å². The van der Waals surface area contributed by atoms with Crippen molar-refractivity contribution in [1.82, 2.24) is 5.32 Å². The molecule has 0 aliphatic rings. The highest BCUT2D eigenvalue weighted by Gasteiger charge is 2.55. The molecule has 0 fully saturated rings. The van der Waals surface area contributed by atoms with E-state index in [1.54, 1.807) is 30.3 Å². The van der Waals surface area contributed by atoms with E-state index in [1.807, 2.05) is 0 Å². The quantitative estimate of drug-likeness (QED) is 0.762. The maximum Gasteiger partial charge on any atom is 0.416 e. The number of carbonyl (C=O) groups excluding carboxylic acids is 1. The van der Waals surface area contributed by atoms with Crippen molar-refractivity contribution in [3.8, 4) is 0 Å². The number of amides is 1. The Labute approximate surface area is 113 Å². The number of aliphatic hydroxyl groups is 2. The molecule has 1 amide bonds. The topological polar surface area (TPSA) is 78.8 Å². The number of hydrogen-bond donors (Lipinski definition) is 3. The second-order valence-corrected chi connectivity index (χ2v) is 4.08. The van der Waals surface area contributed by atoms with Crippen LogP contribution in [-0.4, -0.2) is 41.2 Å². The van der Waals surface area contributed by atoms with E-state index in [9.17, 15) is 18.0 Å². The lowest BCUT2D eigenvalue weighted by atomic mass is 10.0. The van der Waals surface area contributed by atoms with Gasteiger partial charge in [-0.1, -0.05) is 30.3 Å². The lowest BCUT2D eigenvalue weighted by Crippen LogP contribution is -2.63. The molecule has 0 aliphatic carbocycles. The fourth-order valence-corrected chi connectivity index (χ4v) is 1.33. The van der Waals surface area contributed by atoms with E-state index in [-0.39, 0.29) is 6.61 Å². The van der Waals surface area contributed by atoms with Gasteiger partial charge in [0, 0.05) is 0 Å². The zero-order valence-electron chi connectivity index (χ0n) is 10.4. The van der Waals surface area contributed by atoms with Crippen LogP contribution in [0.15, 0.2) is 30.3 Å². The average molecular weight is 293 g/mol. The molecule has 0 saturated heterocycles. The van der Waals surface area contributed by atoms with Crippen LogP contribution >= 0.6 is 0 Å². The molecule has 1 aromatic rings. The van der Waals surface area contributed by atoms with Crippen molar-refractivity contribution in [1.29, 1.82) is 0 Å². The van der Waals surface area contributed by atoms with Crippen molar-refractivity contribution in [3.05, 3.63) is 35.9 Å². The molecule has 0 bridgehead atoms. The van der Waals surface area contributed by atoms with Crippen LogP contribution in [0.25, 0.3) is 0 Å². The molecular formula is C12H14F3NO4. The Bertz CT molecular complexity index is 432. The fourth-order valence-electron chi connectivity index (χ4n) is 1.33. The number of alkyl halides is 3. The number of hydrogen-bond acceptors (Lipinski definition) is 4. The van der Waals surface area contributed by atoms with Gasteiger partial charge in [0.05, 0.1) is 13.2 Å². The first-order valence-corrected chi connectivity index (χ1v) is 5.62. The van der Waals surface area contributed by atoms with E-state index in [2.05, 4.69) is 4.74 Å². The second kappa shape index (κ2) is 6.58. The highest BCUT2D eigenvalue weighted by Crippen LogP contribution is 2.29. The zero-order chi connectivity index (χ0) is 15.2. The smallest absolute Gasteiger partial charge is 0.416 e. The minimum Gasteiger partial charge on any atom is -0.445 e. The minimum atomic E-state index is -5.01. The molecule has 20 heavy (non-hydrogen) atoms. The maximum atomic E-state index is 12.7. The molecule has 0 spiro atoms. The van der Waals surface area contributed by atoms with Gasteiger partial charge in [-0.3, -0.25) is 0 Å². The normalized spacial score (nSPS) is 12.1. The summed E-state index contributed by atoms with van der Waals surface area (Å²) in [5, 5.41) is 19.0. The molecule has 1 rings (SSSR count). The van der Waals surface area contributed by atoms with E-state index in [0.29, 0.717) is 5.56 Å². The van der Waals surface area contributed by atoms with Crippen LogP contribution in [0, 0.1) is 0 Å². The highest BCUT2D eigenvalue weighted by atomic mass is 19.4. The third-order valence-electron chi connectivity index (χ3n) is 2.64. The van der Waals surface area contributed by atoms with Gasteiger partial charge >= 0.3 is 12.3 Å². The Hall–Kier alpha value is -1.80. The number of benzene rings is 1. The molecule has 5 nitrogen and oxygen atoms in total. The Morgan fingerprint density at radius 2 is 1.70 bits per heavy atom. The summed E-state index contributed by atoms with van der Waals surface area (Å²) < 4.78 is 42.7. The largest absolute Gasteiger partial charge is 0.445 e. The Kier molecular flexibility index (Phi) is 5.34. The highest BCUT2D eigenvalue weighted by molar-refractivity contribution is 5.68. The molecule has 8 heteroatoms. The molecule has 0 unspecified atom stereocenters. The molecule has 0 heterocycles. The predicted octanol–water partition coefficient (Wildman–Crippen LogP) is 1.20. The lowest BCUT2D eigenvalue weighted by Gasteiger charge is -2.32. The van der Waals surface area contributed by atoms with E-state index < -0.39 is 31.0 Å². The van der Waals surface area contributed by atoms with E-state index >= 15 is 0 Å². The summed E-state index contributed by atoms with van der Waals surface area (Å²) in [6, 6.07) is 8.34. The molecular weight excluding hydrogens is 279 g/mol. The molecule has 0 saturated carbocycles. The van der Waals surface area contributed by atoms with Gasteiger partial charge < -0.3 is 20.3 Å². The standard InChI is InChI=1S/C12H14F3NO4/c13-12(14,15)11(7-17,8-18)16-10(19)20-6-9-4-2-1-3-5-9/h1-5,17-18H,6-8H2,(H,16,19). The molecule has 0 aliphatic heterocycles. The Morgan fingerprint density at radius 1 is 1.15 bits per heavy atom. The van der Waals surface area contributed by atoms with Crippen molar-refractivity contribution in [2.45, 2.75) is 18.3 Å². The molecule has 0 aromatic heterocycles. The molecule has 112 valence electrons. The third-order valence-corrected chi connectivity index (χ3v) is 2.64. The SMILES string of the molecule is O=C(NC(CO)(CO)C(F)(F)F)OCc1ccccc1. The van der Waals surface area contributed by atoms with Crippen LogP contribution in [0.5, 0.6) is 0 Å². The van der Waals surface area contributed by atoms with Crippen LogP contribution in [0.3, 0.4) is 0 Å². The molecule has 0 radical (unpaired) electrons. The van der Waals surface area contributed by atoms with Gasteiger partial charge in [-0.2, -0.15) is 13.2 Å². The van der Waals surface area contributed by atoms with Gasteiger partial charge in [-0.25, -0.2) is 4.79 Å². The molecule has 1 aromatic carbocycles. The summed E-state index contributed by atoms with van der Waals surface area (Å²) in [6.07, 6.45) is -6.39. The number of nitrogens with one attached hydrogen (secondary N) is 1. The zero-order valence-corrected chi connectivity index (χ0v) is 10.4. The van der Waals surface area contributed by atoms with Crippen molar-refractivity contribution in [2.24, 2.45) is 0 Å². The first-order chi connectivity index (χ1) is 9.34. The summed E-state index contributed by atoms with van der Waals surface area (Å²) in [7, 11) is 0. The number of carbonyl (C=O) groups is 1. The van der Waals surface area contributed by atoms with Crippen molar-refractivity contribution in [2.75, 3.05) is 13.2 Å². The van der Waals surface area contributed by atoms with E-state index in [1.165, 1.54) is 5.32 Å². The number of aliphatic hydroxyl groups excluding tert-OH is 2. The Morgan fingerprint density at radius 3 is 2.15 bits per heavy atom. The number of rotatable bonds is 5. The van der Waals surface area contributed by atoms with Crippen LogP contribution in [0.2, 0.25) is 0 Å². The third kappa shape index (κ3) is 3.84. The van der Waals surface area contributed by atoms with Crippen molar-refractivity contribution >= 4 is 6.09 Å².